The van der Waals surface area contributed by atoms with Crippen LogP contribution < -0.4 is 10.6 Å². The number of ether oxygens (including phenoxy) is 1. The summed E-state index contributed by atoms with van der Waals surface area (Å²) in [4.78, 5) is 0. The maximum Gasteiger partial charge on any atom is 0.0672 e. The van der Waals surface area contributed by atoms with E-state index in [0.717, 1.165) is 19.8 Å². The minimum atomic E-state index is 0.474. The van der Waals surface area contributed by atoms with Gasteiger partial charge in [0.25, 0.3) is 0 Å². The van der Waals surface area contributed by atoms with E-state index in [0.29, 0.717) is 12.0 Å². The van der Waals surface area contributed by atoms with Gasteiger partial charge in [-0.05, 0) is 24.6 Å². The normalized spacial score (nSPS) is 28.3. The minimum Gasteiger partial charge on any atom is -0.383 e. The van der Waals surface area contributed by atoms with Crippen LogP contribution in [0.3, 0.4) is 0 Å². The van der Waals surface area contributed by atoms with Crippen LogP contribution in [-0.2, 0) is 4.74 Å². The lowest BCUT2D eigenvalue weighted by atomic mass is 10.0. The Morgan fingerprint density at radius 2 is 2.20 bits per heavy atom. The minimum absolute atomic E-state index is 0.474. The third-order valence-electron chi connectivity index (χ3n) is 3.27. The fourth-order valence-corrected chi connectivity index (χ4v) is 2.33. The van der Waals surface area contributed by atoms with E-state index in [2.05, 4.69) is 35.8 Å². The molecule has 1 fully saturated rings. The van der Waals surface area contributed by atoms with Gasteiger partial charge in [0.2, 0.25) is 0 Å². The van der Waals surface area contributed by atoms with Crippen LogP contribution in [0.4, 0.5) is 11.4 Å². The van der Waals surface area contributed by atoms with E-state index in [1.807, 2.05) is 0 Å². The lowest BCUT2D eigenvalue weighted by Gasteiger charge is -2.15. The van der Waals surface area contributed by atoms with Gasteiger partial charge < -0.3 is 15.4 Å². The summed E-state index contributed by atoms with van der Waals surface area (Å²) in [6.07, 6.45) is 0. The van der Waals surface area contributed by atoms with Crippen molar-refractivity contribution in [2.75, 3.05) is 30.4 Å². The molecule has 0 saturated carbocycles. The summed E-state index contributed by atoms with van der Waals surface area (Å²) >= 11 is 0. The molecule has 0 amide bonds. The molecule has 2 heterocycles. The van der Waals surface area contributed by atoms with Gasteiger partial charge >= 0.3 is 0 Å². The molecule has 0 radical (unpaired) electrons. The van der Waals surface area contributed by atoms with E-state index >= 15 is 0 Å². The molecule has 2 N–H and O–H groups in total. The standard InChI is InChI=1S/C12H16N2O/c1-8-2-3-10-11(4-8)13-5-9-6-15-7-12(9)14-10/h2-4,9,12-14H,5-7H2,1H3. The van der Waals surface area contributed by atoms with E-state index < -0.39 is 0 Å². The fraction of sp³-hybridized carbons (Fsp3) is 0.500. The van der Waals surface area contributed by atoms with Crippen molar-refractivity contribution in [3.8, 4) is 0 Å². The van der Waals surface area contributed by atoms with Crippen LogP contribution >= 0.6 is 0 Å². The quantitative estimate of drug-likeness (QED) is 0.676. The molecule has 0 bridgehead atoms. The Morgan fingerprint density at radius 1 is 1.27 bits per heavy atom. The highest BCUT2D eigenvalue weighted by Gasteiger charge is 2.30. The van der Waals surface area contributed by atoms with E-state index in [-0.39, 0.29) is 0 Å². The van der Waals surface area contributed by atoms with E-state index in [4.69, 9.17) is 4.74 Å². The molecule has 3 rings (SSSR count). The number of hydrogen-bond donors (Lipinski definition) is 2. The molecule has 2 unspecified atom stereocenters. The Bertz CT molecular complexity index is 378. The highest BCUT2D eigenvalue weighted by molar-refractivity contribution is 5.71. The van der Waals surface area contributed by atoms with Gasteiger partial charge in [-0.1, -0.05) is 6.07 Å². The summed E-state index contributed by atoms with van der Waals surface area (Å²) in [6, 6.07) is 6.97. The molecule has 1 saturated heterocycles. The van der Waals surface area contributed by atoms with Crippen molar-refractivity contribution in [1.82, 2.24) is 0 Å². The average Bonchev–Trinajstić information content (AvgIpc) is 2.59. The second-order valence-corrected chi connectivity index (χ2v) is 4.48. The molecule has 0 aliphatic carbocycles. The van der Waals surface area contributed by atoms with Crippen LogP contribution in [0.1, 0.15) is 5.56 Å². The Kier molecular flexibility index (Phi) is 2.06. The summed E-state index contributed by atoms with van der Waals surface area (Å²) < 4.78 is 5.48. The molecule has 0 aromatic heterocycles. The average molecular weight is 204 g/mol. The van der Waals surface area contributed by atoms with Gasteiger partial charge in [-0.25, -0.2) is 0 Å². The third kappa shape index (κ3) is 1.57. The maximum absolute atomic E-state index is 5.48. The predicted molar refractivity (Wildman–Crippen MR) is 61.4 cm³/mol. The lowest BCUT2D eigenvalue weighted by molar-refractivity contribution is 0.186. The van der Waals surface area contributed by atoms with Crippen molar-refractivity contribution in [1.29, 1.82) is 0 Å². The number of rotatable bonds is 0. The molecule has 2 aliphatic rings. The predicted octanol–water partition coefficient (Wildman–Crippen LogP) is 1.85. The second kappa shape index (κ2) is 3.42. The van der Waals surface area contributed by atoms with Crippen LogP contribution in [0, 0.1) is 12.8 Å². The zero-order valence-electron chi connectivity index (χ0n) is 8.92. The lowest BCUT2D eigenvalue weighted by Crippen LogP contribution is -2.29. The molecule has 1 aromatic carbocycles. The summed E-state index contributed by atoms with van der Waals surface area (Å²) in [6.45, 7) is 4.84. The number of benzene rings is 1. The summed E-state index contributed by atoms with van der Waals surface area (Å²) in [5.41, 5.74) is 3.73. The molecular formula is C12H16N2O. The van der Waals surface area contributed by atoms with Gasteiger partial charge in [0, 0.05) is 12.5 Å². The molecule has 3 heteroatoms. The van der Waals surface area contributed by atoms with Gasteiger partial charge in [0.15, 0.2) is 0 Å². The molecule has 15 heavy (non-hydrogen) atoms. The van der Waals surface area contributed by atoms with Crippen LogP contribution in [0.2, 0.25) is 0 Å². The smallest absolute Gasteiger partial charge is 0.0672 e. The Balaban J connectivity index is 1.93. The van der Waals surface area contributed by atoms with Gasteiger partial charge in [-0.2, -0.15) is 0 Å². The first-order chi connectivity index (χ1) is 7.33. The van der Waals surface area contributed by atoms with Gasteiger partial charge in [0.05, 0.1) is 30.6 Å². The highest BCUT2D eigenvalue weighted by Crippen LogP contribution is 2.30. The zero-order valence-corrected chi connectivity index (χ0v) is 8.92. The van der Waals surface area contributed by atoms with Crippen LogP contribution in [-0.4, -0.2) is 25.8 Å². The van der Waals surface area contributed by atoms with E-state index in [1.165, 1.54) is 16.9 Å². The maximum atomic E-state index is 5.48. The molecule has 2 aliphatic heterocycles. The van der Waals surface area contributed by atoms with Crippen LogP contribution in [0.15, 0.2) is 18.2 Å². The number of hydrogen-bond acceptors (Lipinski definition) is 3. The number of nitrogens with one attached hydrogen (secondary N) is 2. The highest BCUT2D eigenvalue weighted by atomic mass is 16.5. The topological polar surface area (TPSA) is 33.3 Å². The summed E-state index contributed by atoms with van der Waals surface area (Å²) in [5, 5.41) is 7.06. The number of aryl methyl sites for hydroxylation is 1. The SMILES string of the molecule is Cc1ccc2c(c1)NCC1COCC1N2. The Hall–Kier alpha value is -1.22. The molecule has 3 nitrogen and oxygen atoms in total. The Morgan fingerprint density at radius 3 is 3.13 bits per heavy atom. The van der Waals surface area contributed by atoms with E-state index in [9.17, 15) is 0 Å². The monoisotopic (exact) mass is 204 g/mol. The third-order valence-corrected chi connectivity index (χ3v) is 3.27. The van der Waals surface area contributed by atoms with Crippen molar-refractivity contribution in [2.45, 2.75) is 13.0 Å². The first kappa shape index (κ1) is 9.04. The molecular weight excluding hydrogens is 188 g/mol. The van der Waals surface area contributed by atoms with Gasteiger partial charge in [-0.3, -0.25) is 0 Å². The summed E-state index contributed by atoms with van der Waals surface area (Å²) in [7, 11) is 0. The molecule has 0 spiro atoms. The van der Waals surface area contributed by atoms with Crippen molar-refractivity contribution in [3.63, 3.8) is 0 Å². The first-order valence-corrected chi connectivity index (χ1v) is 5.52. The molecule has 2 atom stereocenters. The van der Waals surface area contributed by atoms with Crippen LogP contribution in [0.5, 0.6) is 0 Å². The van der Waals surface area contributed by atoms with Crippen molar-refractivity contribution < 1.29 is 4.74 Å². The first-order valence-electron chi connectivity index (χ1n) is 5.52. The summed E-state index contributed by atoms with van der Waals surface area (Å²) in [5.74, 6) is 0.595. The second-order valence-electron chi connectivity index (χ2n) is 4.48. The van der Waals surface area contributed by atoms with Gasteiger partial charge in [0.1, 0.15) is 0 Å². The van der Waals surface area contributed by atoms with Crippen molar-refractivity contribution in [2.24, 2.45) is 5.92 Å². The largest absolute Gasteiger partial charge is 0.383 e. The molecule has 1 aromatic rings. The Labute approximate surface area is 89.8 Å². The number of fused-ring (bicyclic) bond motifs is 2. The number of anilines is 2. The van der Waals surface area contributed by atoms with Crippen molar-refractivity contribution in [3.05, 3.63) is 23.8 Å². The fourth-order valence-electron chi connectivity index (χ4n) is 2.33. The van der Waals surface area contributed by atoms with Crippen LogP contribution in [0.25, 0.3) is 0 Å². The van der Waals surface area contributed by atoms with Crippen molar-refractivity contribution >= 4 is 11.4 Å². The van der Waals surface area contributed by atoms with E-state index in [1.54, 1.807) is 0 Å². The van der Waals surface area contributed by atoms with Gasteiger partial charge in [-0.15, -0.1) is 0 Å². The molecule has 80 valence electrons. The zero-order chi connectivity index (χ0) is 10.3.